The molecule has 1 aromatic heterocycles. The lowest BCUT2D eigenvalue weighted by Crippen LogP contribution is -2.26. The van der Waals surface area contributed by atoms with E-state index in [4.69, 9.17) is 11.6 Å². The van der Waals surface area contributed by atoms with Gasteiger partial charge in [0.25, 0.3) is 5.56 Å². The molecule has 0 radical (unpaired) electrons. The average molecular weight is 400 g/mol. The average Bonchev–Trinajstić information content (AvgIpc) is 3.48. The second-order valence-electron chi connectivity index (χ2n) is 6.57. The minimum absolute atomic E-state index is 0.0316. The number of fused-ring (bicyclic) bond motifs is 1. The molecule has 0 bridgehead atoms. The van der Waals surface area contributed by atoms with Crippen LogP contribution in [0.1, 0.15) is 25.8 Å². The SMILES string of the molecule is C[C@H](Sc1nc2ccccc2c(=O)n1C1CC1)C(=O)Nc1ccc(Cl)cc1. The summed E-state index contributed by atoms with van der Waals surface area (Å²) < 4.78 is 1.75. The number of benzene rings is 2. The number of hydrogen-bond acceptors (Lipinski definition) is 4. The molecule has 1 amide bonds. The van der Waals surface area contributed by atoms with Crippen molar-refractivity contribution in [2.45, 2.75) is 36.2 Å². The molecule has 1 aliphatic rings. The lowest BCUT2D eigenvalue weighted by Gasteiger charge is -2.16. The number of aromatic nitrogens is 2. The van der Waals surface area contributed by atoms with Gasteiger partial charge in [-0.2, -0.15) is 0 Å². The van der Waals surface area contributed by atoms with Gasteiger partial charge in [-0.3, -0.25) is 14.2 Å². The maximum atomic E-state index is 12.9. The highest BCUT2D eigenvalue weighted by atomic mass is 35.5. The molecule has 1 aliphatic carbocycles. The first-order valence-electron chi connectivity index (χ1n) is 8.77. The van der Waals surface area contributed by atoms with Crippen LogP contribution in [0.15, 0.2) is 58.5 Å². The van der Waals surface area contributed by atoms with Crippen molar-refractivity contribution in [2.75, 3.05) is 5.32 Å². The number of para-hydroxylation sites is 1. The zero-order valence-corrected chi connectivity index (χ0v) is 16.3. The number of carbonyl (C=O) groups is 1. The van der Waals surface area contributed by atoms with Crippen molar-refractivity contribution >= 4 is 45.9 Å². The molecule has 3 aromatic rings. The van der Waals surface area contributed by atoms with Gasteiger partial charge in [-0.05, 0) is 56.2 Å². The smallest absolute Gasteiger partial charge is 0.262 e. The van der Waals surface area contributed by atoms with Crippen LogP contribution in [0.5, 0.6) is 0 Å². The van der Waals surface area contributed by atoms with E-state index in [0.717, 1.165) is 12.8 Å². The monoisotopic (exact) mass is 399 g/mol. The number of hydrogen-bond donors (Lipinski definition) is 1. The van der Waals surface area contributed by atoms with Gasteiger partial charge in [0.15, 0.2) is 5.16 Å². The number of halogens is 1. The molecule has 5 nitrogen and oxygen atoms in total. The lowest BCUT2D eigenvalue weighted by atomic mass is 10.2. The van der Waals surface area contributed by atoms with Gasteiger partial charge in [0.1, 0.15) is 0 Å². The number of thioether (sulfide) groups is 1. The number of nitrogens with one attached hydrogen (secondary N) is 1. The van der Waals surface area contributed by atoms with Crippen molar-refractivity contribution in [3.05, 3.63) is 63.9 Å². The Bertz CT molecular complexity index is 1060. The van der Waals surface area contributed by atoms with Crippen molar-refractivity contribution in [3.63, 3.8) is 0 Å². The molecular weight excluding hydrogens is 382 g/mol. The second-order valence-corrected chi connectivity index (χ2v) is 8.32. The van der Waals surface area contributed by atoms with E-state index in [0.29, 0.717) is 26.8 Å². The Morgan fingerprint density at radius 2 is 1.93 bits per heavy atom. The van der Waals surface area contributed by atoms with E-state index in [2.05, 4.69) is 10.3 Å². The predicted molar refractivity (Wildman–Crippen MR) is 110 cm³/mol. The van der Waals surface area contributed by atoms with Crippen LogP contribution in [0.2, 0.25) is 5.02 Å². The van der Waals surface area contributed by atoms with E-state index in [1.807, 2.05) is 25.1 Å². The number of rotatable bonds is 5. The summed E-state index contributed by atoms with van der Waals surface area (Å²) in [5.41, 5.74) is 1.31. The van der Waals surface area contributed by atoms with E-state index in [-0.39, 0.29) is 17.5 Å². The van der Waals surface area contributed by atoms with Crippen LogP contribution >= 0.6 is 23.4 Å². The number of amides is 1. The number of anilines is 1. The Morgan fingerprint density at radius 1 is 1.22 bits per heavy atom. The molecule has 0 saturated heterocycles. The minimum atomic E-state index is -0.404. The van der Waals surface area contributed by atoms with Gasteiger partial charge >= 0.3 is 0 Å². The molecule has 27 heavy (non-hydrogen) atoms. The van der Waals surface area contributed by atoms with Crippen LogP contribution in [-0.4, -0.2) is 20.7 Å². The van der Waals surface area contributed by atoms with E-state index in [1.165, 1.54) is 11.8 Å². The molecule has 0 aliphatic heterocycles. The fourth-order valence-electron chi connectivity index (χ4n) is 2.85. The van der Waals surface area contributed by atoms with Gasteiger partial charge in [0, 0.05) is 16.8 Å². The van der Waals surface area contributed by atoms with Crippen molar-refractivity contribution in [1.29, 1.82) is 0 Å². The van der Waals surface area contributed by atoms with Crippen molar-refractivity contribution < 1.29 is 4.79 Å². The molecule has 0 unspecified atom stereocenters. The predicted octanol–water partition coefficient (Wildman–Crippen LogP) is 4.50. The molecule has 2 aromatic carbocycles. The minimum Gasteiger partial charge on any atom is -0.325 e. The van der Waals surface area contributed by atoms with Gasteiger partial charge in [-0.25, -0.2) is 4.98 Å². The van der Waals surface area contributed by atoms with Crippen LogP contribution in [0.4, 0.5) is 5.69 Å². The Labute approximate surface area is 165 Å². The molecule has 1 atom stereocenters. The summed E-state index contributed by atoms with van der Waals surface area (Å²) >= 11 is 7.19. The van der Waals surface area contributed by atoms with Gasteiger partial charge in [0.05, 0.1) is 16.2 Å². The summed E-state index contributed by atoms with van der Waals surface area (Å²) in [4.78, 5) is 30.1. The molecular formula is C20H18ClN3O2S. The summed E-state index contributed by atoms with van der Waals surface area (Å²) in [6.45, 7) is 1.81. The third-order valence-corrected chi connectivity index (χ3v) is 5.77. The van der Waals surface area contributed by atoms with Crippen LogP contribution < -0.4 is 10.9 Å². The first-order valence-corrected chi connectivity index (χ1v) is 10.0. The molecule has 1 N–H and O–H groups in total. The Morgan fingerprint density at radius 3 is 2.63 bits per heavy atom. The zero-order chi connectivity index (χ0) is 19.0. The molecule has 1 saturated carbocycles. The molecule has 7 heteroatoms. The fourth-order valence-corrected chi connectivity index (χ4v) is 3.96. The summed E-state index contributed by atoms with van der Waals surface area (Å²) in [7, 11) is 0. The molecule has 138 valence electrons. The van der Waals surface area contributed by atoms with Gasteiger partial charge in [0.2, 0.25) is 5.91 Å². The second kappa shape index (κ2) is 7.37. The number of carbonyl (C=O) groups excluding carboxylic acids is 1. The Balaban J connectivity index is 1.60. The van der Waals surface area contributed by atoms with Gasteiger partial charge in [-0.15, -0.1) is 0 Å². The van der Waals surface area contributed by atoms with Crippen LogP contribution in [0, 0.1) is 0 Å². The van der Waals surface area contributed by atoms with E-state index in [1.54, 1.807) is 34.9 Å². The molecule has 4 rings (SSSR count). The van der Waals surface area contributed by atoms with E-state index < -0.39 is 5.25 Å². The summed E-state index contributed by atoms with van der Waals surface area (Å²) in [5, 5.41) is 4.30. The number of nitrogens with zero attached hydrogens (tertiary/aromatic N) is 2. The van der Waals surface area contributed by atoms with Crippen LogP contribution in [-0.2, 0) is 4.79 Å². The third kappa shape index (κ3) is 3.87. The van der Waals surface area contributed by atoms with Crippen LogP contribution in [0.25, 0.3) is 10.9 Å². The highest BCUT2D eigenvalue weighted by Gasteiger charge is 2.30. The van der Waals surface area contributed by atoms with Crippen molar-refractivity contribution in [1.82, 2.24) is 9.55 Å². The first-order chi connectivity index (χ1) is 13.0. The highest BCUT2D eigenvalue weighted by molar-refractivity contribution is 8.00. The third-order valence-electron chi connectivity index (χ3n) is 4.45. The van der Waals surface area contributed by atoms with Gasteiger partial charge < -0.3 is 5.32 Å². The molecule has 0 spiro atoms. The maximum absolute atomic E-state index is 12.9. The standard InChI is InChI=1S/C20H18ClN3O2S/c1-12(18(25)22-14-8-6-13(21)7-9-14)27-20-23-17-5-3-2-4-16(17)19(26)24(20)15-10-11-15/h2-9,12,15H,10-11H2,1H3,(H,22,25)/t12-/m0/s1. The normalized spacial score (nSPS) is 14.9. The summed E-state index contributed by atoms with van der Waals surface area (Å²) in [6, 6.07) is 14.5. The topological polar surface area (TPSA) is 64.0 Å². The first kappa shape index (κ1) is 18.1. The summed E-state index contributed by atoms with van der Waals surface area (Å²) in [6.07, 6.45) is 1.94. The largest absolute Gasteiger partial charge is 0.325 e. The van der Waals surface area contributed by atoms with E-state index in [9.17, 15) is 9.59 Å². The van der Waals surface area contributed by atoms with Crippen LogP contribution in [0.3, 0.4) is 0 Å². The van der Waals surface area contributed by atoms with Gasteiger partial charge in [-0.1, -0.05) is 35.5 Å². The summed E-state index contributed by atoms with van der Waals surface area (Å²) in [5.74, 6) is -0.146. The molecule has 1 heterocycles. The maximum Gasteiger partial charge on any atom is 0.262 e. The Kier molecular flexibility index (Phi) is 4.93. The van der Waals surface area contributed by atoms with Crippen molar-refractivity contribution in [3.8, 4) is 0 Å². The van der Waals surface area contributed by atoms with E-state index >= 15 is 0 Å². The molecule has 1 fully saturated rings. The quantitative estimate of drug-likeness (QED) is 0.506. The highest BCUT2D eigenvalue weighted by Crippen LogP contribution is 2.37. The Hall–Kier alpha value is -2.31. The lowest BCUT2D eigenvalue weighted by molar-refractivity contribution is -0.115. The zero-order valence-electron chi connectivity index (χ0n) is 14.7. The fraction of sp³-hybridized carbons (Fsp3) is 0.250. The van der Waals surface area contributed by atoms with Crippen molar-refractivity contribution in [2.24, 2.45) is 0 Å².